The van der Waals surface area contributed by atoms with Gasteiger partial charge in [0.1, 0.15) is 5.75 Å². The molecule has 0 aliphatic carbocycles. The second kappa shape index (κ2) is 6.21. The minimum absolute atomic E-state index is 0.0361. The molecule has 21 heavy (non-hydrogen) atoms. The molecule has 0 fully saturated rings. The number of hydrogen-bond acceptors (Lipinski definition) is 3. The van der Waals surface area contributed by atoms with Crippen molar-refractivity contribution in [1.82, 2.24) is 0 Å². The lowest BCUT2D eigenvalue weighted by Gasteiger charge is -2.12. The van der Waals surface area contributed by atoms with Crippen LogP contribution in [0, 0.1) is 6.92 Å². The molecule has 2 aromatic carbocycles. The SMILES string of the molecule is Cc1cc(N)ccc1NC(=O)c1ccccc1OC(F)F. The molecule has 0 saturated carbocycles. The van der Waals surface area contributed by atoms with Crippen molar-refractivity contribution < 1.29 is 18.3 Å². The van der Waals surface area contributed by atoms with Crippen LogP contribution in [-0.2, 0) is 0 Å². The summed E-state index contributed by atoms with van der Waals surface area (Å²) in [5.41, 5.74) is 7.57. The van der Waals surface area contributed by atoms with E-state index in [2.05, 4.69) is 10.1 Å². The number of nitrogens with two attached hydrogens (primary N) is 1. The lowest BCUT2D eigenvalue weighted by atomic mass is 10.1. The lowest BCUT2D eigenvalue weighted by molar-refractivity contribution is -0.0501. The molecule has 1 amide bonds. The summed E-state index contributed by atoms with van der Waals surface area (Å²) in [7, 11) is 0. The van der Waals surface area contributed by atoms with Crippen molar-refractivity contribution in [2.45, 2.75) is 13.5 Å². The predicted molar refractivity (Wildman–Crippen MR) is 76.6 cm³/mol. The summed E-state index contributed by atoms with van der Waals surface area (Å²) in [6, 6.07) is 10.8. The number of aryl methyl sites for hydroxylation is 1. The van der Waals surface area contributed by atoms with E-state index in [9.17, 15) is 13.6 Å². The summed E-state index contributed by atoms with van der Waals surface area (Å²) in [5, 5.41) is 2.65. The van der Waals surface area contributed by atoms with Crippen LogP contribution in [0.15, 0.2) is 42.5 Å². The highest BCUT2D eigenvalue weighted by atomic mass is 19.3. The van der Waals surface area contributed by atoms with Crippen molar-refractivity contribution in [3.8, 4) is 5.75 Å². The fourth-order valence-corrected chi connectivity index (χ4v) is 1.87. The first kappa shape index (κ1) is 14.8. The van der Waals surface area contributed by atoms with Gasteiger partial charge in [0.2, 0.25) is 0 Å². The maximum Gasteiger partial charge on any atom is 0.387 e. The summed E-state index contributed by atoms with van der Waals surface area (Å²) in [5.74, 6) is -0.697. The van der Waals surface area contributed by atoms with Gasteiger partial charge in [-0.1, -0.05) is 12.1 Å². The van der Waals surface area contributed by atoms with E-state index in [1.165, 1.54) is 18.2 Å². The van der Waals surface area contributed by atoms with Gasteiger partial charge >= 0.3 is 6.61 Å². The van der Waals surface area contributed by atoms with Crippen LogP contribution in [0.5, 0.6) is 5.75 Å². The van der Waals surface area contributed by atoms with Crippen molar-refractivity contribution >= 4 is 17.3 Å². The number of hydrogen-bond donors (Lipinski definition) is 2. The van der Waals surface area contributed by atoms with Gasteiger partial charge in [0.25, 0.3) is 5.91 Å². The van der Waals surface area contributed by atoms with E-state index in [0.29, 0.717) is 11.4 Å². The van der Waals surface area contributed by atoms with E-state index in [4.69, 9.17) is 5.73 Å². The monoisotopic (exact) mass is 292 g/mol. The van der Waals surface area contributed by atoms with Gasteiger partial charge in [0.05, 0.1) is 5.56 Å². The second-order valence-electron chi connectivity index (χ2n) is 4.40. The van der Waals surface area contributed by atoms with Gasteiger partial charge in [-0.05, 0) is 42.8 Å². The standard InChI is InChI=1S/C15H14F2N2O2/c1-9-8-10(18)6-7-12(9)19-14(20)11-4-2-3-5-13(11)21-15(16)17/h2-8,15H,18H2,1H3,(H,19,20). The fourth-order valence-electron chi connectivity index (χ4n) is 1.87. The number of rotatable bonds is 4. The maximum absolute atomic E-state index is 12.3. The summed E-state index contributed by atoms with van der Waals surface area (Å²) in [6.07, 6.45) is 0. The summed E-state index contributed by atoms with van der Waals surface area (Å²) < 4.78 is 29.0. The summed E-state index contributed by atoms with van der Waals surface area (Å²) in [4.78, 5) is 12.2. The zero-order valence-corrected chi connectivity index (χ0v) is 11.3. The number of carbonyl (C=O) groups excluding carboxylic acids is 1. The highest BCUT2D eigenvalue weighted by Gasteiger charge is 2.15. The van der Waals surface area contributed by atoms with Crippen LogP contribution < -0.4 is 15.8 Å². The molecule has 6 heteroatoms. The number of para-hydroxylation sites is 1. The van der Waals surface area contributed by atoms with Crippen LogP contribution in [0.3, 0.4) is 0 Å². The van der Waals surface area contributed by atoms with Crippen molar-refractivity contribution in [2.75, 3.05) is 11.1 Å². The zero-order chi connectivity index (χ0) is 15.4. The number of nitrogen functional groups attached to an aromatic ring is 1. The van der Waals surface area contributed by atoms with Gasteiger partial charge < -0.3 is 15.8 Å². The van der Waals surface area contributed by atoms with E-state index in [-0.39, 0.29) is 11.3 Å². The molecular weight excluding hydrogens is 278 g/mol. The smallest absolute Gasteiger partial charge is 0.387 e. The highest BCUT2D eigenvalue weighted by Crippen LogP contribution is 2.23. The van der Waals surface area contributed by atoms with Crippen molar-refractivity contribution in [2.24, 2.45) is 0 Å². The van der Waals surface area contributed by atoms with Crippen molar-refractivity contribution in [3.63, 3.8) is 0 Å². The molecule has 0 aromatic heterocycles. The van der Waals surface area contributed by atoms with Crippen LogP contribution in [0.1, 0.15) is 15.9 Å². The Balaban J connectivity index is 2.24. The number of amides is 1. The minimum Gasteiger partial charge on any atom is -0.434 e. The van der Waals surface area contributed by atoms with E-state index >= 15 is 0 Å². The van der Waals surface area contributed by atoms with Gasteiger partial charge in [-0.2, -0.15) is 8.78 Å². The topological polar surface area (TPSA) is 64.3 Å². The molecule has 110 valence electrons. The average molecular weight is 292 g/mol. The Bertz CT molecular complexity index is 660. The second-order valence-corrected chi connectivity index (χ2v) is 4.40. The Kier molecular flexibility index (Phi) is 4.37. The van der Waals surface area contributed by atoms with Crippen molar-refractivity contribution in [3.05, 3.63) is 53.6 Å². The molecule has 0 aliphatic rings. The summed E-state index contributed by atoms with van der Waals surface area (Å²) in [6.45, 7) is -1.20. The summed E-state index contributed by atoms with van der Waals surface area (Å²) >= 11 is 0. The Labute approximate surface area is 120 Å². The molecule has 3 N–H and O–H groups in total. The molecule has 2 rings (SSSR count). The number of nitrogens with one attached hydrogen (secondary N) is 1. The third-order valence-corrected chi connectivity index (χ3v) is 2.85. The lowest BCUT2D eigenvalue weighted by Crippen LogP contribution is -2.15. The minimum atomic E-state index is -2.99. The van der Waals surface area contributed by atoms with E-state index in [1.54, 1.807) is 31.2 Å². The molecule has 0 spiro atoms. The van der Waals surface area contributed by atoms with E-state index < -0.39 is 12.5 Å². The van der Waals surface area contributed by atoms with Gasteiger partial charge in [-0.25, -0.2) is 0 Å². The van der Waals surface area contributed by atoms with Crippen LogP contribution in [0.4, 0.5) is 20.2 Å². The molecule has 0 unspecified atom stereocenters. The predicted octanol–water partition coefficient (Wildman–Crippen LogP) is 3.43. The Hall–Kier alpha value is -2.63. The third kappa shape index (κ3) is 3.68. The quantitative estimate of drug-likeness (QED) is 0.848. The fraction of sp³-hybridized carbons (Fsp3) is 0.133. The van der Waals surface area contributed by atoms with Crippen LogP contribution in [-0.4, -0.2) is 12.5 Å². The number of benzene rings is 2. The average Bonchev–Trinajstić information content (AvgIpc) is 2.42. The normalized spacial score (nSPS) is 10.5. The molecule has 0 aliphatic heterocycles. The maximum atomic E-state index is 12.3. The largest absolute Gasteiger partial charge is 0.434 e. The number of alkyl halides is 2. The van der Waals surface area contributed by atoms with Gasteiger partial charge in [0, 0.05) is 11.4 Å². The molecule has 0 atom stereocenters. The molecule has 0 bridgehead atoms. The van der Waals surface area contributed by atoms with Crippen LogP contribution in [0.25, 0.3) is 0 Å². The molecule has 4 nitrogen and oxygen atoms in total. The van der Waals surface area contributed by atoms with Gasteiger partial charge in [-0.15, -0.1) is 0 Å². The first-order valence-electron chi connectivity index (χ1n) is 6.18. The van der Waals surface area contributed by atoms with Gasteiger partial charge in [0.15, 0.2) is 0 Å². The van der Waals surface area contributed by atoms with Crippen LogP contribution in [0.2, 0.25) is 0 Å². The van der Waals surface area contributed by atoms with E-state index in [0.717, 1.165) is 5.56 Å². The number of anilines is 2. The number of carbonyl (C=O) groups is 1. The molecule has 2 aromatic rings. The molecule has 0 radical (unpaired) electrons. The first-order chi connectivity index (χ1) is 9.97. The highest BCUT2D eigenvalue weighted by molar-refractivity contribution is 6.06. The number of halogens is 2. The number of ether oxygens (including phenoxy) is 1. The Morgan fingerprint density at radius 1 is 1.24 bits per heavy atom. The first-order valence-corrected chi connectivity index (χ1v) is 6.18. The molecular formula is C15H14F2N2O2. The van der Waals surface area contributed by atoms with Crippen molar-refractivity contribution in [1.29, 1.82) is 0 Å². The third-order valence-electron chi connectivity index (χ3n) is 2.85. The van der Waals surface area contributed by atoms with E-state index in [1.807, 2.05) is 0 Å². The zero-order valence-electron chi connectivity index (χ0n) is 11.3. The van der Waals surface area contributed by atoms with Gasteiger partial charge in [-0.3, -0.25) is 4.79 Å². The molecule has 0 saturated heterocycles. The Morgan fingerprint density at radius 3 is 2.62 bits per heavy atom. The Morgan fingerprint density at radius 2 is 1.95 bits per heavy atom. The molecule has 0 heterocycles. The van der Waals surface area contributed by atoms with Crippen LogP contribution >= 0.6 is 0 Å².